The van der Waals surface area contributed by atoms with E-state index in [0.29, 0.717) is 0 Å². The van der Waals surface area contributed by atoms with Crippen LogP contribution in [0, 0.1) is 23.7 Å². The highest BCUT2D eigenvalue weighted by atomic mass is 31.0. The van der Waals surface area contributed by atoms with Gasteiger partial charge in [0.2, 0.25) is 11.8 Å². The van der Waals surface area contributed by atoms with E-state index in [-0.39, 0.29) is 47.6 Å². The topological polar surface area (TPSA) is 54.5 Å². The number of nitrogens with zero attached hydrogens (tertiary/aromatic N) is 1. The third-order valence-electron chi connectivity index (χ3n) is 4.36. The van der Waals surface area contributed by atoms with Crippen LogP contribution in [0.2, 0.25) is 0 Å². The SMILES string of the molecule is CC(C)=CC1CC(C=C(C)C)C2C(=O)N(CC(=O)P)C(=O)C12. The average Bonchev–Trinajstić information content (AvgIpc) is 2.81. The van der Waals surface area contributed by atoms with Crippen LogP contribution in [0.5, 0.6) is 0 Å². The Bertz CT molecular complexity index is 528. The Kier molecular flexibility index (Phi) is 5.01. The molecule has 1 aliphatic carbocycles. The molecule has 1 heterocycles. The largest absolute Gasteiger partial charge is 0.293 e. The van der Waals surface area contributed by atoms with Crippen LogP contribution >= 0.6 is 9.24 Å². The molecule has 1 saturated carbocycles. The highest BCUT2D eigenvalue weighted by Gasteiger charge is 2.57. The van der Waals surface area contributed by atoms with Gasteiger partial charge in [0.05, 0.1) is 18.4 Å². The smallest absolute Gasteiger partial charge is 0.234 e. The summed E-state index contributed by atoms with van der Waals surface area (Å²) in [5.74, 6) is -0.830. The zero-order valence-corrected chi connectivity index (χ0v) is 14.8. The zero-order chi connectivity index (χ0) is 16.6. The van der Waals surface area contributed by atoms with Gasteiger partial charge in [-0.05, 0) is 46.0 Å². The molecule has 1 aliphatic heterocycles. The van der Waals surface area contributed by atoms with Crippen LogP contribution < -0.4 is 0 Å². The van der Waals surface area contributed by atoms with Crippen molar-refractivity contribution in [2.75, 3.05) is 6.54 Å². The van der Waals surface area contributed by atoms with Gasteiger partial charge in [-0.25, -0.2) is 0 Å². The van der Waals surface area contributed by atoms with E-state index in [0.717, 1.165) is 22.5 Å². The minimum atomic E-state index is -0.313. The second-order valence-electron chi connectivity index (χ2n) is 6.83. The highest BCUT2D eigenvalue weighted by Crippen LogP contribution is 2.49. The number of hydrogen-bond donors (Lipinski definition) is 0. The fourth-order valence-electron chi connectivity index (χ4n) is 3.79. The molecule has 5 heteroatoms. The maximum atomic E-state index is 12.6. The standard InChI is InChI=1S/C17H24NO3P/c1-9(2)5-11-7-12(6-10(3)4)15-14(11)16(20)18(17(15)21)8-13(19)22/h5-6,11-12,14-15H,7-8,22H2,1-4H3. The van der Waals surface area contributed by atoms with E-state index < -0.39 is 0 Å². The molecule has 2 fully saturated rings. The molecule has 0 N–H and O–H groups in total. The van der Waals surface area contributed by atoms with Gasteiger partial charge in [-0.1, -0.05) is 32.5 Å². The van der Waals surface area contributed by atoms with E-state index in [1.54, 1.807) is 0 Å². The monoisotopic (exact) mass is 321 g/mol. The number of imide groups is 1. The van der Waals surface area contributed by atoms with Crippen molar-refractivity contribution in [2.45, 2.75) is 34.1 Å². The van der Waals surface area contributed by atoms with E-state index in [4.69, 9.17) is 0 Å². The Hall–Kier alpha value is -1.28. The lowest BCUT2D eigenvalue weighted by Gasteiger charge is -2.18. The quantitative estimate of drug-likeness (QED) is 0.454. The van der Waals surface area contributed by atoms with Crippen molar-refractivity contribution in [3.8, 4) is 0 Å². The van der Waals surface area contributed by atoms with E-state index in [9.17, 15) is 14.4 Å². The van der Waals surface area contributed by atoms with E-state index in [2.05, 4.69) is 12.2 Å². The van der Waals surface area contributed by atoms with Gasteiger partial charge >= 0.3 is 0 Å². The third kappa shape index (κ3) is 3.22. The summed E-state index contributed by atoms with van der Waals surface area (Å²) < 4.78 is 0. The number of carbonyl (C=O) groups is 3. The van der Waals surface area contributed by atoms with Crippen molar-refractivity contribution in [1.29, 1.82) is 0 Å². The van der Waals surface area contributed by atoms with E-state index in [1.807, 2.05) is 36.9 Å². The van der Waals surface area contributed by atoms with Crippen LogP contribution in [0.4, 0.5) is 0 Å². The zero-order valence-electron chi connectivity index (χ0n) is 13.6. The van der Waals surface area contributed by atoms with Crippen LogP contribution in [0.15, 0.2) is 23.3 Å². The van der Waals surface area contributed by atoms with Crippen molar-refractivity contribution in [2.24, 2.45) is 23.7 Å². The molecule has 4 nitrogen and oxygen atoms in total. The predicted molar refractivity (Wildman–Crippen MR) is 88.9 cm³/mol. The van der Waals surface area contributed by atoms with E-state index >= 15 is 0 Å². The first kappa shape index (κ1) is 17.1. The van der Waals surface area contributed by atoms with Crippen molar-refractivity contribution < 1.29 is 14.4 Å². The fraction of sp³-hybridized carbons (Fsp3) is 0.588. The molecule has 1 saturated heterocycles. The number of allylic oxidation sites excluding steroid dienone is 4. The van der Waals surface area contributed by atoms with Gasteiger partial charge in [-0.15, -0.1) is 0 Å². The fourth-order valence-corrected chi connectivity index (χ4v) is 3.98. The first-order valence-corrected chi connectivity index (χ1v) is 8.23. The molecule has 0 radical (unpaired) electrons. The van der Waals surface area contributed by atoms with Gasteiger partial charge < -0.3 is 0 Å². The number of hydrogen-bond acceptors (Lipinski definition) is 3. The third-order valence-corrected chi connectivity index (χ3v) is 4.55. The average molecular weight is 321 g/mol. The van der Waals surface area contributed by atoms with E-state index in [1.165, 1.54) is 0 Å². The van der Waals surface area contributed by atoms with Gasteiger partial charge in [0, 0.05) is 0 Å². The van der Waals surface area contributed by atoms with Gasteiger partial charge in [0.25, 0.3) is 0 Å². The molecule has 0 aromatic rings. The lowest BCUT2D eigenvalue weighted by atomic mass is 9.88. The second-order valence-corrected chi connectivity index (χ2v) is 7.48. The molecule has 0 aromatic heterocycles. The lowest BCUT2D eigenvalue weighted by Crippen LogP contribution is -2.36. The maximum Gasteiger partial charge on any atom is 0.234 e. The Morgan fingerprint density at radius 1 is 1.05 bits per heavy atom. The van der Waals surface area contributed by atoms with Crippen LogP contribution in [0.3, 0.4) is 0 Å². The molecule has 0 spiro atoms. The summed E-state index contributed by atoms with van der Waals surface area (Å²) in [5, 5.41) is 0. The molecular formula is C17H24NO3P. The molecular weight excluding hydrogens is 297 g/mol. The highest BCUT2D eigenvalue weighted by molar-refractivity contribution is 7.40. The van der Waals surface area contributed by atoms with Crippen LogP contribution in [-0.4, -0.2) is 28.8 Å². The van der Waals surface area contributed by atoms with Gasteiger partial charge in [0.15, 0.2) is 5.52 Å². The molecule has 22 heavy (non-hydrogen) atoms. The summed E-state index contributed by atoms with van der Waals surface area (Å²) in [5.41, 5.74) is 2.07. The number of likely N-dealkylation sites (tertiary alicyclic amines) is 1. The molecule has 120 valence electrons. The summed E-state index contributed by atoms with van der Waals surface area (Å²) in [6.07, 6.45) is 5.03. The first-order valence-electron chi connectivity index (χ1n) is 7.66. The second kappa shape index (κ2) is 6.45. The lowest BCUT2D eigenvalue weighted by molar-refractivity contribution is -0.142. The van der Waals surface area contributed by atoms with Gasteiger partial charge in [-0.3, -0.25) is 19.3 Å². The van der Waals surface area contributed by atoms with Gasteiger partial charge in [-0.2, -0.15) is 0 Å². The predicted octanol–water partition coefficient (Wildman–Crippen LogP) is 2.56. The van der Waals surface area contributed by atoms with Crippen molar-refractivity contribution in [1.82, 2.24) is 4.90 Å². The van der Waals surface area contributed by atoms with Crippen molar-refractivity contribution in [3.05, 3.63) is 23.3 Å². The molecule has 5 atom stereocenters. The summed E-state index contributed by atoms with van der Waals surface area (Å²) in [6.45, 7) is 7.91. The Morgan fingerprint density at radius 3 is 1.77 bits per heavy atom. The van der Waals surface area contributed by atoms with Gasteiger partial charge in [0.1, 0.15) is 0 Å². The number of carbonyl (C=O) groups excluding carboxylic acids is 3. The van der Waals surface area contributed by atoms with Crippen LogP contribution in [-0.2, 0) is 14.4 Å². The summed E-state index contributed by atoms with van der Waals surface area (Å²) in [7, 11) is 2.04. The van der Waals surface area contributed by atoms with Crippen LogP contribution in [0.1, 0.15) is 34.1 Å². The number of fused-ring (bicyclic) bond motifs is 1. The van der Waals surface area contributed by atoms with Crippen molar-refractivity contribution >= 4 is 26.6 Å². The Balaban J connectivity index is 2.39. The maximum absolute atomic E-state index is 12.6. The summed E-state index contributed by atoms with van der Waals surface area (Å²) in [6, 6.07) is 0. The first-order chi connectivity index (χ1) is 10.2. The van der Waals surface area contributed by atoms with Crippen LogP contribution in [0.25, 0.3) is 0 Å². The molecule has 2 amide bonds. The minimum absolute atomic E-state index is 0.0802. The molecule has 2 rings (SSSR count). The summed E-state index contributed by atoms with van der Waals surface area (Å²) in [4.78, 5) is 37.8. The summed E-state index contributed by atoms with van der Waals surface area (Å²) >= 11 is 0. The molecule has 2 aliphatic rings. The molecule has 0 aromatic carbocycles. The number of rotatable bonds is 4. The Morgan fingerprint density at radius 2 is 1.45 bits per heavy atom. The molecule has 5 unspecified atom stereocenters. The Labute approximate surface area is 134 Å². The number of amides is 2. The molecule has 0 bridgehead atoms. The van der Waals surface area contributed by atoms with Crippen molar-refractivity contribution in [3.63, 3.8) is 0 Å². The normalized spacial score (nSPS) is 30.3. The minimum Gasteiger partial charge on any atom is -0.293 e.